The van der Waals surface area contributed by atoms with E-state index in [1.54, 1.807) is 24.3 Å². The van der Waals surface area contributed by atoms with Crippen LogP contribution in [0, 0.1) is 15.5 Å². The van der Waals surface area contributed by atoms with Gasteiger partial charge in [0.25, 0.3) is 5.69 Å². The number of nitro benzene ring substituents is 1. The van der Waals surface area contributed by atoms with E-state index in [-0.39, 0.29) is 27.5 Å². The largest absolute Gasteiger partial charge is 0.508 e. The molecule has 5 rings (SSSR count). The average Bonchev–Trinajstić information content (AvgIpc) is 2.96. The highest BCUT2D eigenvalue weighted by atomic mass is 16.6. The van der Waals surface area contributed by atoms with Crippen LogP contribution in [0.3, 0.4) is 0 Å². The van der Waals surface area contributed by atoms with Gasteiger partial charge in [0.05, 0.1) is 4.92 Å². The van der Waals surface area contributed by atoms with Crippen LogP contribution in [0.1, 0.15) is 23.6 Å². The van der Waals surface area contributed by atoms with E-state index in [0.717, 1.165) is 38.2 Å². The van der Waals surface area contributed by atoms with Crippen LogP contribution < -0.4 is 10.6 Å². The predicted molar refractivity (Wildman–Crippen MR) is 160 cm³/mol. The molecule has 0 radical (unpaired) electrons. The van der Waals surface area contributed by atoms with Crippen molar-refractivity contribution in [3.63, 3.8) is 0 Å². The molecule has 5 aromatic rings. The summed E-state index contributed by atoms with van der Waals surface area (Å²) in [5.74, 6) is 0.514. The number of nitro groups is 1. The molecular weight excluding hydrogens is 502 g/mol. The van der Waals surface area contributed by atoms with Gasteiger partial charge in [0.2, 0.25) is 0 Å². The second-order valence-electron chi connectivity index (χ2n) is 10.7. The molecule has 0 unspecified atom stereocenters. The maximum atomic E-state index is 11.1. The summed E-state index contributed by atoms with van der Waals surface area (Å²) >= 11 is 0. The fourth-order valence-corrected chi connectivity index (χ4v) is 5.41. The quantitative estimate of drug-likeness (QED) is 0.115. The molecule has 7 nitrogen and oxygen atoms in total. The Balaban J connectivity index is 1.34. The third-order valence-electron chi connectivity index (χ3n) is 7.52. The van der Waals surface area contributed by atoms with E-state index in [9.17, 15) is 20.3 Å². The van der Waals surface area contributed by atoms with Gasteiger partial charge in [-0.25, -0.2) is 0 Å². The van der Waals surface area contributed by atoms with Gasteiger partial charge in [-0.1, -0.05) is 79.7 Å². The van der Waals surface area contributed by atoms with Gasteiger partial charge in [-0.15, -0.1) is 0 Å². The van der Waals surface area contributed by atoms with Crippen molar-refractivity contribution in [1.82, 2.24) is 10.6 Å². The van der Waals surface area contributed by atoms with Crippen molar-refractivity contribution in [3.05, 3.63) is 124 Å². The Morgan fingerprint density at radius 2 is 1.18 bits per heavy atom. The van der Waals surface area contributed by atoms with Crippen molar-refractivity contribution in [1.29, 1.82) is 0 Å². The fourth-order valence-electron chi connectivity index (χ4n) is 5.41. The molecule has 40 heavy (non-hydrogen) atoms. The van der Waals surface area contributed by atoms with Crippen molar-refractivity contribution < 1.29 is 15.1 Å². The maximum absolute atomic E-state index is 11.1. The summed E-state index contributed by atoms with van der Waals surface area (Å²) in [7, 11) is 0. The summed E-state index contributed by atoms with van der Waals surface area (Å²) in [6.07, 6.45) is 0.675. The highest BCUT2D eigenvalue weighted by Gasteiger charge is 2.25. The van der Waals surface area contributed by atoms with Crippen molar-refractivity contribution in [2.45, 2.75) is 26.4 Å². The molecule has 0 saturated heterocycles. The van der Waals surface area contributed by atoms with Gasteiger partial charge in [0, 0.05) is 49.4 Å². The Labute approximate surface area is 233 Å². The van der Waals surface area contributed by atoms with E-state index in [4.69, 9.17) is 0 Å². The van der Waals surface area contributed by atoms with Crippen LogP contribution in [0.15, 0.2) is 97.1 Å². The van der Waals surface area contributed by atoms with Crippen LogP contribution in [0.2, 0.25) is 0 Å². The van der Waals surface area contributed by atoms with Gasteiger partial charge in [-0.2, -0.15) is 0 Å². The van der Waals surface area contributed by atoms with E-state index in [2.05, 4.69) is 17.6 Å². The van der Waals surface area contributed by atoms with Crippen LogP contribution in [0.5, 0.6) is 11.5 Å². The number of nitrogens with one attached hydrogen (secondary N) is 2. The second kappa shape index (κ2) is 11.7. The van der Waals surface area contributed by atoms with E-state index in [0.29, 0.717) is 32.6 Å². The van der Waals surface area contributed by atoms with Crippen molar-refractivity contribution in [2.75, 3.05) is 13.1 Å². The molecule has 0 bridgehead atoms. The van der Waals surface area contributed by atoms with Crippen LogP contribution in [0.4, 0.5) is 5.69 Å². The zero-order valence-corrected chi connectivity index (χ0v) is 22.4. The molecule has 0 aliphatic carbocycles. The lowest BCUT2D eigenvalue weighted by Gasteiger charge is -2.31. The highest BCUT2D eigenvalue weighted by molar-refractivity contribution is 5.88. The number of phenolic OH excluding ortho intramolecular Hbond substituents is 2. The summed E-state index contributed by atoms with van der Waals surface area (Å²) in [5.41, 5.74) is 2.49. The standard InChI is InChI=1S/C33H33N3O4/c1-33(18-23-10-14-26(15-11-23)36(39)40,21-34-19-29-27-8-4-2-6-24(27)12-16-31(29)37)22-35-20-30-28-9-5-3-7-25(28)13-17-32(30)38/h2-17,34-35,37-38H,18-22H2,1H3. The third-order valence-corrected chi connectivity index (χ3v) is 7.52. The van der Waals surface area contributed by atoms with Crippen LogP contribution in [0.25, 0.3) is 21.5 Å². The van der Waals surface area contributed by atoms with Crippen LogP contribution in [-0.4, -0.2) is 28.2 Å². The number of benzene rings is 5. The molecule has 0 saturated carbocycles. The number of hydrogen-bond donors (Lipinski definition) is 4. The van der Waals surface area contributed by atoms with Crippen LogP contribution in [-0.2, 0) is 19.5 Å². The molecule has 7 heteroatoms. The van der Waals surface area contributed by atoms with E-state index >= 15 is 0 Å². The minimum atomic E-state index is -0.389. The third kappa shape index (κ3) is 6.06. The number of aromatic hydroxyl groups is 2. The maximum Gasteiger partial charge on any atom is 0.269 e. The molecule has 0 amide bonds. The number of rotatable bonds is 11. The minimum Gasteiger partial charge on any atom is -0.508 e. The molecule has 0 spiro atoms. The molecule has 0 aliphatic heterocycles. The van der Waals surface area contributed by atoms with Gasteiger partial charge in [-0.05, 0) is 51.1 Å². The predicted octanol–water partition coefficient (Wildman–Crippen LogP) is 6.44. The average molecular weight is 536 g/mol. The Bertz CT molecular complexity index is 1560. The van der Waals surface area contributed by atoms with Crippen molar-refractivity contribution in [2.24, 2.45) is 5.41 Å². The van der Waals surface area contributed by atoms with E-state index < -0.39 is 0 Å². The van der Waals surface area contributed by atoms with Crippen molar-refractivity contribution in [3.8, 4) is 11.5 Å². The number of nitrogens with zero attached hydrogens (tertiary/aromatic N) is 1. The van der Waals surface area contributed by atoms with E-state index in [1.165, 1.54) is 0 Å². The smallest absolute Gasteiger partial charge is 0.269 e. The molecule has 5 aromatic carbocycles. The first-order valence-corrected chi connectivity index (χ1v) is 13.4. The molecule has 204 valence electrons. The van der Waals surface area contributed by atoms with Gasteiger partial charge in [0.1, 0.15) is 11.5 Å². The monoisotopic (exact) mass is 535 g/mol. The Hall–Kier alpha value is -4.46. The summed E-state index contributed by atoms with van der Waals surface area (Å²) < 4.78 is 0. The lowest BCUT2D eigenvalue weighted by atomic mass is 9.83. The van der Waals surface area contributed by atoms with Gasteiger partial charge in [-0.3, -0.25) is 10.1 Å². The molecule has 0 aromatic heterocycles. The second-order valence-corrected chi connectivity index (χ2v) is 10.7. The molecule has 4 N–H and O–H groups in total. The van der Waals surface area contributed by atoms with Gasteiger partial charge in [0.15, 0.2) is 0 Å². The molecule has 0 aliphatic rings. The minimum absolute atomic E-state index is 0.0690. The first-order chi connectivity index (χ1) is 19.3. The zero-order valence-electron chi connectivity index (χ0n) is 22.4. The lowest BCUT2D eigenvalue weighted by molar-refractivity contribution is -0.384. The summed E-state index contributed by atoms with van der Waals surface area (Å²) in [6, 6.07) is 30.0. The van der Waals surface area contributed by atoms with Crippen molar-refractivity contribution >= 4 is 27.2 Å². The number of fused-ring (bicyclic) bond motifs is 2. The molecular formula is C33H33N3O4. The van der Waals surface area contributed by atoms with Gasteiger partial charge >= 0.3 is 0 Å². The number of phenols is 2. The fraction of sp³-hybridized carbons (Fsp3) is 0.212. The SMILES string of the molecule is CC(CNCc1c(O)ccc2ccccc12)(CNCc1c(O)ccc2ccccc12)Cc1ccc([N+](=O)[O-])cc1. The molecule has 0 atom stereocenters. The Morgan fingerprint density at radius 3 is 1.65 bits per heavy atom. The molecule has 0 heterocycles. The van der Waals surface area contributed by atoms with E-state index in [1.807, 2.05) is 72.8 Å². The van der Waals surface area contributed by atoms with Crippen LogP contribution >= 0.6 is 0 Å². The number of hydrogen-bond acceptors (Lipinski definition) is 6. The highest BCUT2D eigenvalue weighted by Crippen LogP contribution is 2.30. The van der Waals surface area contributed by atoms with Gasteiger partial charge < -0.3 is 20.8 Å². The normalized spacial score (nSPS) is 11.7. The zero-order chi connectivity index (χ0) is 28.1. The first kappa shape index (κ1) is 27.1. The Kier molecular flexibility index (Phi) is 7.96. The first-order valence-electron chi connectivity index (χ1n) is 13.4. The lowest BCUT2D eigenvalue weighted by Crippen LogP contribution is -2.41. The summed E-state index contributed by atoms with van der Waals surface area (Å²) in [4.78, 5) is 10.7. The Morgan fingerprint density at radius 1 is 0.700 bits per heavy atom. The summed E-state index contributed by atoms with van der Waals surface area (Å²) in [6.45, 7) is 4.41. The number of non-ortho nitro benzene ring substituents is 1. The molecule has 0 fully saturated rings. The topological polar surface area (TPSA) is 108 Å². The summed E-state index contributed by atoms with van der Waals surface area (Å²) in [5, 5.41) is 43.6.